The van der Waals surface area contributed by atoms with Crippen LogP contribution in [0.2, 0.25) is 0 Å². The number of rotatable bonds is 4. The summed E-state index contributed by atoms with van der Waals surface area (Å²) < 4.78 is 6.50. The zero-order chi connectivity index (χ0) is 12.1. The summed E-state index contributed by atoms with van der Waals surface area (Å²) >= 11 is 0. The number of hydrogen-bond donors (Lipinski definition) is 0. The minimum absolute atomic E-state index is 0.351. The van der Waals surface area contributed by atoms with Crippen molar-refractivity contribution in [2.45, 2.75) is 13.8 Å². The summed E-state index contributed by atoms with van der Waals surface area (Å²) in [6.07, 6.45) is 3.42. The molecule has 0 spiro atoms. The Bertz CT molecular complexity index is 394. The Balaban J connectivity index is 3.01. The summed E-state index contributed by atoms with van der Waals surface area (Å²) in [5, 5.41) is 4.19. The van der Waals surface area contributed by atoms with E-state index in [1.807, 2.05) is 27.1 Å². The number of aryl methyl sites for hydroxylation is 1. The van der Waals surface area contributed by atoms with Crippen molar-refractivity contribution in [3.8, 4) is 0 Å². The molecule has 0 bridgehead atoms. The highest BCUT2D eigenvalue weighted by Crippen LogP contribution is 2.07. The SMILES string of the molecule is CCOC(=O)/C(=C\N(C)C)n1ccc(C)n1. The third-order valence-corrected chi connectivity index (χ3v) is 1.83. The lowest BCUT2D eigenvalue weighted by Gasteiger charge is -2.11. The van der Waals surface area contributed by atoms with Gasteiger partial charge in [-0.15, -0.1) is 0 Å². The molecule has 1 rings (SSSR count). The molecule has 0 fully saturated rings. The van der Waals surface area contributed by atoms with E-state index in [1.54, 1.807) is 24.2 Å². The van der Waals surface area contributed by atoms with Crippen molar-refractivity contribution in [1.82, 2.24) is 14.7 Å². The van der Waals surface area contributed by atoms with Gasteiger partial charge in [-0.25, -0.2) is 9.48 Å². The average Bonchev–Trinajstić information content (AvgIpc) is 2.61. The third-order valence-electron chi connectivity index (χ3n) is 1.83. The predicted octanol–water partition coefficient (Wildman–Crippen LogP) is 1.11. The smallest absolute Gasteiger partial charge is 0.358 e. The van der Waals surface area contributed by atoms with Crippen molar-refractivity contribution in [2.75, 3.05) is 20.7 Å². The van der Waals surface area contributed by atoms with E-state index in [9.17, 15) is 4.79 Å². The van der Waals surface area contributed by atoms with E-state index in [-0.39, 0.29) is 5.97 Å². The second-order valence-corrected chi connectivity index (χ2v) is 3.60. The molecule has 0 aliphatic carbocycles. The summed E-state index contributed by atoms with van der Waals surface area (Å²) in [7, 11) is 3.69. The van der Waals surface area contributed by atoms with Crippen LogP contribution in [-0.2, 0) is 9.53 Å². The van der Waals surface area contributed by atoms with Crippen LogP contribution in [0, 0.1) is 6.92 Å². The summed E-state index contributed by atoms with van der Waals surface area (Å²) in [5.74, 6) is -0.376. The molecular weight excluding hydrogens is 206 g/mol. The highest BCUT2D eigenvalue weighted by Gasteiger charge is 2.14. The Labute approximate surface area is 95.3 Å². The van der Waals surface area contributed by atoms with E-state index in [0.717, 1.165) is 5.69 Å². The Kier molecular flexibility index (Phi) is 4.10. The molecule has 0 N–H and O–H groups in total. The Hall–Kier alpha value is -1.78. The number of ether oxygens (including phenoxy) is 1. The molecule has 88 valence electrons. The van der Waals surface area contributed by atoms with E-state index in [2.05, 4.69) is 5.10 Å². The third kappa shape index (κ3) is 3.12. The maximum atomic E-state index is 11.7. The highest BCUT2D eigenvalue weighted by atomic mass is 16.5. The fourth-order valence-electron chi connectivity index (χ4n) is 1.20. The molecule has 0 aromatic carbocycles. The Morgan fingerprint density at radius 3 is 2.75 bits per heavy atom. The summed E-state index contributed by atoms with van der Waals surface area (Å²) in [5.41, 5.74) is 1.26. The lowest BCUT2D eigenvalue weighted by atomic mass is 10.4. The van der Waals surface area contributed by atoms with Gasteiger partial charge >= 0.3 is 5.97 Å². The van der Waals surface area contributed by atoms with E-state index in [4.69, 9.17) is 4.74 Å². The van der Waals surface area contributed by atoms with Crippen molar-refractivity contribution >= 4 is 11.7 Å². The van der Waals surface area contributed by atoms with Gasteiger partial charge in [0.2, 0.25) is 0 Å². The number of esters is 1. The van der Waals surface area contributed by atoms with Gasteiger partial charge in [0.1, 0.15) is 0 Å². The molecule has 1 aromatic heterocycles. The van der Waals surface area contributed by atoms with Gasteiger partial charge in [0, 0.05) is 26.5 Å². The van der Waals surface area contributed by atoms with Crippen LogP contribution in [0.1, 0.15) is 12.6 Å². The Morgan fingerprint density at radius 2 is 2.31 bits per heavy atom. The topological polar surface area (TPSA) is 47.4 Å². The van der Waals surface area contributed by atoms with Crippen LogP contribution in [0.5, 0.6) is 0 Å². The van der Waals surface area contributed by atoms with Crippen LogP contribution in [0.4, 0.5) is 0 Å². The molecule has 0 aliphatic rings. The van der Waals surface area contributed by atoms with Gasteiger partial charge in [-0.2, -0.15) is 5.10 Å². The van der Waals surface area contributed by atoms with Crippen LogP contribution < -0.4 is 0 Å². The molecular formula is C11H17N3O2. The highest BCUT2D eigenvalue weighted by molar-refractivity contribution is 6.09. The van der Waals surface area contributed by atoms with Crippen molar-refractivity contribution in [3.05, 3.63) is 24.2 Å². The summed E-state index contributed by atoms with van der Waals surface area (Å²) in [6.45, 7) is 4.00. The lowest BCUT2D eigenvalue weighted by molar-refractivity contribution is -0.136. The van der Waals surface area contributed by atoms with Gasteiger partial charge in [0.05, 0.1) is 12.3 Å². The quantitative estimate of drug-likeness (QED) is 0.567. The summed E-state index contributed by atoms with van der Waals surface area (Å²) in [4.78, 5) is 13.5. The second-order valence-electron chi connectivity index (χ2n) is 3.60. The van der Waals surface area contributed by atoms with Crippen LogP contribution in [-0.4, -0.2) is 41.4 Å². The zero-order valence-electron chi connectivity index (χ0n) is 10.1. The summed E-state index contributed by atoms with van der Waals surface area (Å²) in [6, 6.07) is 1.84. The largest absolute Gasteiger partial charge is 0.461 e. The fourth-order valence-corrected chi connectivity index (χ4v) is 1.20. The number of aromatic nitrogens is 2. The first kappa shape index (κ1) is 12.3. The molecule has 0 saturated heterocycles. The molecule has 0 amide bonds. The first-order valence-corrected chi connectivity index (χ1v) is 5.12. The van der Waals surface area contributed by atoms with Gasteiger partial charge in [-0.3, -0.25) is 0 Å². The first-order valence-electron chi connectivity index (χ1n) is 5.12. The number of carbonyl (C=O) groups excluding carboxylic acids is 1. The number of hydrogen-bond acceptors (Lipinski definition) is 4. The molecule has 0 atom stereocenters. The maximum Gasteiger partial charge on any atom is 0.358 e. The van der Waals surface area contributed by atoms with E-state index >= 15 is 0 Å². The predicted molar refractivity (Wildman–Crippen MR) is 61.6 cm³/mol. The second kappa shape index (κ2) is 5.34. The minimum atomic E-state index is -0.376. The van der Waals surface area contributed by atoms with Crippen LogP contribution in [0.3, 0.4) is 0 Å². The lowest BCUT2D eigenvalue weighted by Crippen LogP contribution is -2.16. The molecule has 0 aliphatic heterocycles. The van der Waals surface area contributed by atoms with Crippen LogP contribution in [0.15, 0.2) is 18.5 Å². The van der Waals surface area contributed by atoms with E-state index < -0.39 is 0 Å². The van der Waals surface area contributed by atoms with Gasteiger partial charge in [0.15, 0.2) is 5.70 Å². The minimum Gasteiger partial charge on any atom is -0.461 e. The van der Waals surface area contributed by atoms with Crippen molar-refractivity contribution in [3.63, 3.8) is 0 Å². The fraction of sp³-hybridized carbons (Fsp3) is 0.455. The van der Waals surface area contributed by atoms with Crippen LogP contribution >= 0.6 is 0 Å². The molecule has 5 nitrogen and oxygen atoms in total. The maximum absolute atomic E-state index is 11.7. The van der Waals surface area contributed by atoms with Crippen LogP contribution in [0.25, 0.3) is 5.70 Å². The molecule has 0 radical (unpaired) electrons. The molecule has 1 heterocycles. The standard InChI is InChI=1S/C11H17N3O2/c1-5-16-11(15)10(8-13(3)4)14-7-6-9(2)12-14/h6-8H,5H2,1-4H3/b10-8+. The average molecular weight is 223 g/mol. The van der Waals surface area contributed by atoms with Gasteiger partial charge in [-0.05, 0) is 19.9 Å². The van der Waals surface area contributed by atoms with E-state index in [0.29, 0.717) is 12.3 Å². The molecule has 16 heavy (non-hydrogen) atoms. The Morgan fingerprint density at radius 1 is 1.62 bits per heavy atom. The number of carbonyl (C=O) groups is 1. The van der Waals surface area contributed by atoms with Gasteiger partial charge < -0.3 is 9.64 Å². The normalized spacial score (nSPS) is 11.4. The van der Waals surface area contributed by atoms with Crippen molar-refractivity contribution < 1.29 is 9.53 Å². The molecule has 0 unspecified atom stereocenters. The zero-order valence-corrected chi connectivity index (χ0v) is 10.1. The monoisotopic (exact) mass is 223 g/mol. The van der Waals surface area contributed by atoms with Gasteiger partial charge in [0.25, 0.3) is 0 Å². The number of nitrogens with zero attached hydrogens (tertiary/aromatic N) is 3. The van der Waals surface area contributed by atoms with Crippen molar-refractivity contribution in [1.29, 1.82) is 0 Å². The van der Waals surface area contributed by atoms with E-state index in [1.165, 1.54) is 4.68 Å². The molecule has 0 saturated carbocycles. The molecule has 5 heteroatoms. The molecule has 1 aromatic rings. The van der Waals surface area contributed by atoms with Crippen molar-refractivity contribution in [2.24, 2.45) is 0 Å². The van der Waals surface area contributed by atoms with Gasteiger partial charge in [-0.1, -0.05) is 0 Å². The first-order chi connectivity index (χ1) is 7.54.